The summed E-state index contributed by atoms with van der Waals surface area (Å²) >= 11 is 2.86. The zero-order chi connectivity index (χ0) is 19.1. The highest BCUT2D eigenvalue weighted by Crippen LogP contribution is 2.33. The van der Waals surface area contributed by atoms with Gasteiger partial charge in [-0.05, 0) is 38.5 Å². The number of thioether (sulfide) groups is 1. The Balaban J connectivity index is 1.62. The quantitative estimate of drug-likeness (QED) is 0.496. The Labute approximate surface area is 162 Å². The monoisotopic (exact) mass is 401 g/mol. The lowest BCUT2D eigenvalue weighted by molar-refractivity contribution is 0.630. The van der Waals surface area contributed by atoms with Crippen LogP contribution >= 0.6 is 23.1 Å². The molecule has 0 bridgehead atoms. The molecule has 0 radical (unpaired) electrons. The number of fused-ring (bicyclic) bond motifs is 1. The van der Waals surface area contributed by atoms with Crippen molar-refractivity contribution < 1.29 is 4.39 Å². The third kappa shape index (κ3) is 3.28. The summed E-state index contributed by atoms with van der Waals surface area (Å²) in [5, 5.41) is 7.84. The fourth-order valence-corrected chi connectivity index (χ4v) is 4.57. The summed E-state index contributed by atoms with van der Waals surface area (Å²) in [7, 11) is 0. The maximum absolute atomic E-state index is 13.9. The third-order valence-corrected chi connectivity index (χ3v) is 6.39. The van der Waals surface area contributed by atoms with Gasteiger partial charge in [0.15, 0.2) is 5.82 Å². The lowest BCUT2D eigenvalue weighted by Gasteiger charge is -2.07. The van der Waals surface area contributed by atoms with Crippen LogP contribution in [0.15, 0.2) is 34.2 Å². The molecule has 0 fully saturated rings. The Kier molecular flexibility index (Phi) is 4.56. The molecule has 3 heterocycles. The van der Waals surface area contributed by atoms with Gasteiger partial charge in [-0.2, -0.15) is 0 Å². The van der Waals surface area contributed by atoms with Crippen LogP contribution in [0.5, 0.6) is 0 Å². The van der Waals surface area contributed by atoms with E-state index in [9.17, 15) is 9.18 Å². The molecule has 4 aromatic rings. The van der Waals surface area contributed by atoms with Crippen molar-refractivity contribution in [1.29, 1.82) is 0 Å². The number of benzene rings is 1. The second-order valence-electron chi connectivity index (χ2n) is 6.12. The van der Waals surface area contributed by atoms with E-state index in [2.05, 4.69) is 25.1 Å². The van der Waals surface area contributed by atoms with E-state index in [1.807, 2.05) is 20.8 Å². The molecule has 9 heteroatoms. The summed E-state index contributed by atoms with van der Waals surface area (Å²) in [6.07, 6.45) is 0. The van der Waals surface area contributed by atoms with Crippen LogP contribution in [0, 0.1) is 19.7 Å². The number of aromatic amines is 2. The van der Waals surface area contributed by atoms with Crippen molar-refractivity contribution in [2.24, 2.45) is 0 Å². The number of nitrogens with zero attached hydrogens (tertiary/aromatic N) is 3. The van der Waals surface area contributed by atoms with E-state index in [0.717, 1.165) is 15.3 Å². The first-order valence-electron chi connectivity index (χ1n) is 8.28. The highest BCUT2D eigenvalue weighted by atomic mass is 32.2. The Morgan fingerprint density at radius 2 is 2.00 bits per heavy atom. The van der Waals surface area contributed by atoms with Crippen LogP contribution in [0.1, 0.15) is 28.4 Å². The van der Waals surface area contributed by atoms with Crippen molar-refractivity contribution in [3.63, 3.8) is 0 Å². The first-order valence-corrected chi connectivity index (χ1v) is 9.97. The van der Waals surface area contributed by atoms with Gasteiger partial charge in [0.2, 0.25) is 5.16 Å². The zero-order valence-corrected chi connectivity index (χ0v) is 16.5. The molecule has 1 atom stereocenters. The van der Waals surface area contributed by atoms with Gasteiger partial charge in [0.1, 0.15) is 16.5 Å². The van der Waals surface area contributed by atoms with Gasteiger partial charge in [-0.3, -0.25) is 9.89 Å². The molecule has 0 saturated heterocycles. The Bertz CT molecular complexity index is 1200. The number of hydrogen-bond donors (Lipinski definition) is 2. The summed E-state index contributed by atoms with van der Waals surface area (Å²) in [5.74, 6) is 0.568. The molecule has 0 aliphatic rings. The lowest BCUT2D eigenvalue weighted by atomic mass is 10.2. The maximum atomic E-state index is 13.9. The highest BCUT2D eigenvalue weighted by molar-refractivity contribution is 7.99. The second kappa shape index (κ2) is 6.90. The number of aryl methyl sites for hydroxylation is 2. The van der Waals surface area contributed by atoms with Gasteiger partial charge in [-0.25, -0.2) is 14.4 Å². The first kappa shape index (κ1) is 17.9. The Hall–Kier alpha value is -2.52. The largest absolute Gasteiger partial charge is 0.309 e. The van der Waals surface area contributed by atoms with Gasteiger partial charge in [0, 0.05) is 4.88 Å². The van der Waals surface area contributed by atoms with E-state index in [-0.39, 0.29) is 16.6 Å². The van der Waals surface area contributed by atoms with E-state index in [0.29, 0.717) is 27.8 Å². The fourth-order valence-electron chi connectivity index (χ4n) is 2.75. The van der Waals surface area contributed by atoms with E-state index < -0.39 is 0 Å². The minimum absolute atomic E-state index is 0.133. The summed E-state index contributed by atoms with van der Waals surface area (Å²) in [5.41, 5.74) is 1.20. The molecule has 27 heavy (non-hydrogen) atoms. The molecule has 0 aliphatic heterocycles. The predicted octanol–water partition coefficient (Wildman–Crippen LogP) is 4.38. The molecule has 0 unspecified atom stereocenters. The smallest absolute Gasteiger partial charge is 0.259 e. The lowest BCUT2D eigenvalue weighted by Crippen LogP contribution is -2.12. The van der Waals surface area contributed by atoms with Crippen molar-refractivity contribution in [3.05, 3.63) is 56.7 Å². The van der Waals surface area contributed by atoms with Crippen LogP contribution in [-0.2, 0) is 0 Å². The minimum Gasteiger partial charge on any atom is -0.309 e. The average molecular weight is 401 g/mol. The van der Waals surface area contributed by atoms with Gasteiger partial charge in [0.25, 0.3) is 5.56 Å². The van der Waals surface area contributed by atoms with Crippen LogP contribution in [-0.4, -0.2) is 25.1 Å². The molecule has 1 aromatic carbocycles. The third-order valence-electron chi connectivity index (χ3n) is 4.32. The van der Waals surface area contributed by atoms with Crippen LogP contribution in [0.4, 0.5) is 4.39 Å². The molecule has 4 rings (SSSR count). The van der Waals surface area contributed by atoms with Crippen molar-refractivity contribution in [3.8, 4) is 11.4 Å². The number of nitrogens with one attached hydrogen (secondary N) is 2. The highest BCUT2D eigenvalue weighted by Gasteiger charge is 2.18. The van der Waals surface area contributed by atoms with Crippen molar-refractivity contribution in [1.82, 2.24) is 25.1 Å². The average Bonchev–Trinajstić information content (AvgIpc) is 3.20. The molecular formula is C18H16FN5OS2. The van der Waals surface area contributed by atoms with Gasteiger partial charge >= 0.3 is 0 Å². The van der Waals surface area contributed by atoms with Gasteiger partial charge in [0.05, 0.1) is 16.2 Å². The summed E-state index contributed by atoms with van der Waals surface area (Å²) in [4.78, 5) is 26.1. The SMILES string of the molecule is Cc1sc2nc([C@@H](C)Sc3n[nH]c(-c4ccccc4F)n3)[nH]c(=O)c2c1C. The Morgan fingerprint density at radius 3 is 2.78 bits per heavy atom. The summed E-state index contributed by atoms with van der Waals surface area (Å²) < 4.78 is 13.9. The number of halogens is 1. The van der Waals surface area contributed by atoms with Crippen LogP contribution in [0.2, 0.25) is 0 Å². The van der Waals surface area contributed by atoms with E-state index in [4.69, 9.17) is 0 Å². The maximum Gasteiger partial charge on any atom is 0.259 e. The Morgan fingerprint density at radius 1 is 1.22 bits per heavy atom. The van der Waals surface area contributed by atoms with Crippen molar-refractivity contribution in [2.45, 2.75) is 31.2 Å². The molecule has 3 aromatic heterocycles. The number of H-pyrrole nitrogens is 2. The number of thiophene rings is 1. The van der Waals surface area contributed by atoms with Gasteiger partial charge in [-0.1, -0.05) is 23.9 Å². The number of hydrogen-bond acceptors (Lipinski definition) is 6. The number of aromatic nitrogens is 5. The van der Waals surface area contributed by atoms with Crippen molar-refractivity contribution in [2.75, 3.05) is 0 Å². The van der Waals surface area contributed by atoms with Gasteiger partial charge in [-0.15, -0.1) is 16.4 Å². The molecule has 138 valence electrons. The minimum atomic E-state index is -0.363. The molecule has 0 aliphatic carbocycles. The fraction of sp³-hybridized carbons (Fsp3) is 0.222. The summed E-state index contributed by atoms with van der Waals surface area (Å²) in [6, 6.07) is 6.38. The summed E-state index contributed by atoms with van der Waals surface area (Å²) in [6.45, 7) is 5.83. The molecule has 0 amide bonds. The molecule has 2 N–H and O–H groups in total. The zero-order valence-electron chi connectivity index (χ0n) is 14.8. The van der Waals surface area contributed by atoms with Crippen LogP contribution < -0.4 is 5.56 Å². The van der Waals surface area contributed by atoms with E-state index in [1.165, 1.54) is 29.2 Å². The molecular weight excluding hydrogens is 385 g/mol. The molecule has 6 nitrogen and oxygen atoms in total. The van der Waals surface area contributed by atoms with Crippen LogP contribution in [0.3, 0.4) is 0 Å². The van der Waals surface area contributed by atoms with Crippen molar-refractivity contribution >= 4 is 33.3 Å². The van der Waals surface area contributed by atoms with E-state index in [1.54, 1.807) is 18.2 Å². The van der Waals surface area contributed by atoms with Crippen LogP contribution in [0.25, 0.3) is 21.6 Å². The number of rotatable bonds is 4. The predicted molar refractivity (Wildman–Crippen MR) is 106 cm³/mol. The second-order valence-corrected chi connectivity index (χ2v) is 8.63. The topological polar surface area (TPSA) is 87.3 Å². The molecule has 0 saturated carbocycles. The standard InChI is InChI=1S/C18H16FN5OS2/c1-8-9(2)26-17-13(8)16(25)20-14(21-17)10(3)27-18-22-15(23-24-18)11-6-4-5-7-12(11)19/h4-7,10H,1-3H3,(H,20,21,25)(H,22,23,24)/t10-/m1/s1. The normalized spacial score (nSPS) is 12.6. The van der Waals surface area contributed by atoms with E-state index >= 15 is 0 Å². The first-order chi connectivity index (χ1) is 12.9. The van der Waals surface area contributed by atoms with Gasteiger partial charge < -0.3 is 4.98 Å². The molecule has 0 spiro atoms.